The molecule has 144 valence electrons. The summed E-state index contributed by atoms with van der Waals surface area (Å²) in [5.41, 5.74) is 1.07. The van der Waals surface area contributed by atoms with Crippen LogP contribution in [0.15, 0.2) is 36.4 Å². The summed E-state index contributed by atoms with van der Waals surface area (Å²) in [6.07, 6.45) is 18.4. The van der Waals surface area contributed by atoms with Gasteiger partial charge in [-0.1, -0.05) is 37.1 Å². The first kappa shape index (κ1) is 19.6. The molecule has 0 aliphatic heterocycles. The normalized spacial score (nSPS) is 29.9. The Morgan fingerprint density at radius 3 is 2.15 bits per heavy atom. The minimum Gasteiger partial charge on any atom is -0.374 e. The predicted octanol–water partition coefficient (Wildman–Crippen LogP) is 7.06. The van der Waals surface area contributed by atoms with Crippen molar-refractivity contribution in [3.63, 3.8) is 0 Å². The largest absolute Gasteiger partial charge is 0.374 e. The Morgan fingerprint density at radius 1 is 0.923 bits per heavy atom. The molecule has 2 aliphatic carbocycles. The molecule has 1 nitrogen and oxygen atoms in total. The molecule has 2 fully saturated rings. The summed E-state index contributed by atoms with van der Waals surface area (Å²) in [4.78, 5) is 0. The molecular weight excluding hydrogens is 323 g/mol. The first-order valence-corrected chi connectivity index (χ1v) is 10.7. The number of hydrogen-bond donors (Lipinski definition) is 0. The molecule has 0 bridgehead atoms. The Hall–Kier alpha value is -1.15. The quantitative estimate of drug-likeness (QED) is 0.474. The van der Waals surface area contributed by atoms with Gasteiger partial charge in [0.15, 0.2) is 0 Å². The average Bonchev–Trinajstić information content (AvgIpc) is 2.69. The number of rotatable bonds is 7. The fourth-order valence-electron chi connectivity index (χ4n) is 4.97. The number of hydrogen-bond acceptors (Lipinski definition) is 1. The minimum atomic E-state index is -0.175. The maximum Gasteiger partial charge on any atom is 0.123 e. The maximum absolute atomic E-state index is 13.0. The summed E-state index contributed by atoms with van der Waals surface area (Å²) >= 11 is 0. The van der Waals surface area contributed by atoms with Crippen LogP contribution < -0.4 is 0 Å². The highest BCUT2D eigenvalue weighted by atomic mass is 19.1. The lowest BCUT2D eigenvalue weighted by molar-refractivity contribution is -0.00283. The van der Waals surface area contributed by atoms with Gasteiger partial charge >= 0.3 is 0 Å². The van der Waals surface area contributed by atoms with Crippen LogP contribution >= 0.6 is 0 Å². The number of halogens is 1. The zero-order valence-corrected chi connectivity index (χ0v) is 16.3. The molecule has 0 unspecified atom stereocenters. The molecule has 3 rings (SSSR count). The van der Waals surface area contributed by atoms with E-state index in [2.05, 4.69) is 19.1 Å². The van der Waals surface area contributed by atoms with Crippen molar-refractivity contribution in [2.45, 2.75) is 83.8 Å². The molecule has 0 radical (unpaired) electrons. The van der Waals surface area contributed by atoms with E-state index in [1.807, 2.05) is 12.1 Å². The van der Waals surface area contributed by atoms with Gasteiger partial charge in [0.2, 0.25) is 0 Å². The van der Waals surface area contributed by atoms with Gasteiger partial charge in [0, 0.05) is 0 Å². The Kier molecular flexibility index (Phi) is 7.73. The van der Waals surface area contributed by atoms with Crippen LogP contribution in [0.3, 0.4) is 0 Å². The molecule has 0 heterocycles. The molecule has 1 aromatic rings. The summed E-state index contributed by atoms with van der Waals surface area (Å²) in [5, 5.41) is 0. The monoisotopic (exact) mass is 358 g/mol. The maximum atomic E-state index is 13.0. The number of allylic oxidation sites excluding steroid dienone is 2. The fraction of sp³-hybridized carbons (Fsp3) is 0.667. The van der Waals surface area contributed by atoms with Crippen LogP contribution in [0.2, 0.25) is 0 Å². The molecule has 0 amide bonds. The van der Waals surface area contributed by atoms with Crippen molar-refractivity contribution in [1.29, 1.82) is 0 Å². The van der Waals surface area contributed by atoms with E-state index in [9.17, 15) is 4.39 Å². The summed E-state index contributed by atoms with van der Waals surface area (Å²) in [6, 6.07) is 6.69. The summed E-state index contributed by atoms with van der Waals surface area (Å²) in [7, 11) is 0. The van der Waals surface area contributed by atoms with Crippen LogP contribution in [0.1, 0.15) is 76.7 Å². The average molecular weight is 359 g/mol. The molecule has 0 atom stereocenters. The fourth-order valence-corrected chi connectivity index (χ4v) is 4.97. The summed E-state index contributed by atoms with van der Waals surface area (Å²) in [5.74, 6) is 2.69. The molecule has 0 N–H and O–H groups in total. The van der Waals surface area contributed by atoms with Crippen molar-refractivity contribution >= 4 is 0 Å². The van der Waals surface area contributed by atoms with E-state index in [1.165, 1.54) is 76.3 Å². The van der Waals surface area contributed by atoms with Crippen molar-refractivity contribution in [3.8, 4) is 0 Å². The third-order valence-corrected chi connectivity index (χ3v) is 6.65. The van der Waals surface area contributed by atoms with Crippen LogP contribution in [0, 0.1) is 23.6 Å². The van der Waals surface area contributed by atoms with Gasteiger partial charge < -0.3 is 4.74 Å². The van der Waals surface area contributed by atoms with Gasteiger partial charge in [-0.2, -0.15) is 0 Å². The van der Waals surface area contributed by atoms with Crippen LogP contribution in [-0.4, -0.2) is 6.10 Å². The third-order valence-electron chi connectivity index (χ3n) is 6.65. The second-order valence-corrected chi connectivity index (χ2v) is 8.40. The molecular formula is C24H35FO. The summed E-state index contributed by atoms with van der Waals surface area (Å²) < 4.78 is 19.0. The van der Waals surface area contributed by atoms with Gasteiger partial charge in [0.25, 0.3) is 0 Å². The lowest BCUT2D eigenvalue weighted by Gasteiger charge is -2.37. The molecule has 0 saturated heterocycles. The van der Waals surface area contributed by atoms with Gasteiger partial charge in [-0.05, 0) is 93.7 Å². The van der Waals surface area contributed by atoms with E-state index in [0.29, 0.717) is 12.7 Å². The van der Waals surface area contributed by atoms with E-state index in [1.54, 1.807) is 0 Å². The summed E-state index contributed by atoms with van der Waals surface area (Å²) in [6.45, 7) is 2.74. The van der Waals surface area contributed by atoms with Crippen LogP contribution in [0.5, 0.6) is 0 Å². The highest BCUT2D eigenvalue weighted by Gasteiger charge is 2.30. The Labute approximate surface area is 159 Å². The van der Waals surface area contributed by atoms with Gasteiger partial charge in [-0.25, -0.2) is 4.39 Å². The van der Waals surface area contributed by atoms with Gasteiger partial charge in [-0.15, -0.1) is 0 Å². The minimum absolute atomic E-state index is 0.175. The van der Waals surface area contributed by atoms with E-state index in [-0.39, 0.29) is 5.82 Å². The topological polar surface area (TPSA) is 9.23 Å². The Morgan fingerprint density at radius 2 is 1.54 bits per heavy atom. The third kappa shape index (κ3) is 5.94. The molecule has 2 heteroatoms. The van der Waals surface area contributed by atoms with Crippen molar-refractivity contribution in [3.05, 3.63) is 47.8 Å². The molecule has 0 spiro atoms. The SMILES string of the molecule is C/C=C/CC[C@H]1CC[C@H](C2CCC(OCc3ccc(F)cc3)CC2)CC1. The predicted molar refractivity (Wildman–Crippen MR) is 106 cm³/mol. The van der Waals surface area contributed by atoms with Gasteiger partial charge in [0.1, 0.15) is 5.82 Å². The molecule has 0 aromatic heterocycles. The lowest BCUT2D eigenvalue weighted by atomic mass is 9.70. The lowest BCUT2D eigenvalue weighted by Crippen LogP contribution is -2.28. The molecule has 1 aromatic carbocycles. The molecule has 2 saturated carbocycles. The van der Waals surface area contributed by atoms with E-state index >= 15 is 0 Å². The first-order chi connectivity index (χ1) is 12.7. The zero-order chi connectivity index (χ0) is 18.2. The van der Waals surface area contributed by atoms with Crippen molar-refractivity contribution in [2.24, 2.45) is 17.8 Å². The second-order valence-electron chi connectivity index (χ2n) is 8.40. The number of ether oxygens (including phenoxy) is 1. The smallest absolute Gasteiger partial charge is 0.123 e. The number of benzene rings is 1. The molecule has 2 aliphatic rings. The van der Waals surface area contributed by atoms with Crippen LogP contribution in [-0.2, 0) is 11.3 Å². The standard InChI is InChI=1S/C24H35FO/c1-2-3-4-5-19-6-10-21(11-7-19)22-12-16-24(17-13-22)26-18-20-8-14-23(25)15-9-20/h2-3,8-9,14-15,19,21-22,24H,4-7,10-13,16-18H2,1H3/b3-2+/t19-,21-,22?,24?. The van der Waals surface area contributed by atoms with Crippen molar-refractivity contribution in [1.82, 2.24) is 0 Å². The van der Waals surface area contributed by atoms with Gasteiger partial charge in [0.05, 0.1) is 12.7 Å². The zero-order valence-electron chi connectivity index (χ0n) is 16.3. The molecule has 26 heavy (non-hydrogen) atoms. The van der Waals surface area contributed by atoms with E-state index < -0.39 is 0 Å². The van der Waals surface area contributed by atoms with E-state index in [4.69, 9.17) is 4.74 Å². The van der Waals surface area contributed by atoms with E-state index in [0.717, 1.165) is 23.3 Å². The second kappa shape index (κ2) is 10.3. The Bertz CT molecular complexity index is 534. The first-order valence-electron chi connectivity index (χ1n) is 10.7. The van der Waals surface area contributed by atoms with Crippen LogP contribution in [0.25, 0.3) is 0 Å². The highest BCUT2D eigenvalue weighted by Crippen LogP contribution is 2.41. The van der Waals surface area contributed by atoms with Gasteiger partial charge in [-0.3, -0.25) is 0 Å². The van der Waals surface area contributed by atoms with Crippen molar-refractivity contribution in [2.75, 3.05) is 0 Å². The van der Waals surface area contributed by atoms with Crippen LogP contribution in [0.4, 0.5) is 4.39 Å². The Balaban J connectivity index is 1.33. The van der Waals surface area contributed by atoms with Crippen molar-refractivity contribution < 1.29 is 9.13 Å². The highest BCUT2D eigenvalue weighted by molar-refractivity contribution is 5.15.